The van der Waals surface area contributed by atoms with E-state index in [0.29, 0.717) is 30.8 Å². The first-order valence-electron chi connectivity index (χ1n) is 10.1. The largest absolute Gasteiger partial charge is 0.359 e. The molecule has 0 saturated heterocycles. The van der Waals surface area contributed by atoms with Gasteiger partial charge in [-0.3, -0.25) is 14.4 Å². The first kappa shape index (κ1) is 21.0. The molecule has 4 rings (SSSR count). The number of pyridine rings is 1. The molecule has 0 spiro atoms. The maximum absolute atomic E-state index is 13.2. The summed E-state index contributed by atoms with van der Waals surface area (Å²) < 4.78 is 6.70. The Hall–Kier alpha value is -3.20. The van der Waals surface area contributed by atoms with Crippen LogP contribution < -0.4 is 5.56 Å². The Kier molecular flexibility index (Phi) is 5.77. The highest BCUT2D eigenvalue weighted by Gasteiger charge is 2.29. The zero-order valence-corrected chi connectivity index (χ0v) is 18.6. The zero-order chi connectivity index (χ0) is 22.1. The summed E-state index contributed by atoms with van der Waals surface area (Å²) >= 11 is 1.48. The van der Waals surface area contributed by atoms with Crippen molar-refractivity contribution in [3.05, 3.63) is 73.2 Å². The van der Waals surface area contributed by atoms with Gasteiger partial charge in [0.2, 0.25) is 0 Å². The van der Waals surface area contributed by atoms with Crippen molar-refractivity contribution in [1.29, 1.82) is 0 Å². The molecule has 0 fully saturated rings. The van der Waals surface area contributed by atoms with Crippen LogP contribution in [-0.2, 0) is 33.0 Å². The van der Waals surface area contributed by atoms with E-state index in [1.165, 1.54) is 20.8 Å². The van der Waals surface area contributed by atoms with Gasteiger partial charge in [-0.2, -0.15) is 11.3 Å². The number of nitrogens with zero attached hydrogens (tertiary/aromatic N) is 4. The van der Waals surface area contributed by atoms with Crippen molar-refractivity contribution in [2.45, 2.75) is 32.9 Å². The number of fused-ring (bicyclic) bond motifs is 1. The number of aryl methyl sites for hydroxylation is 2. The molecule has 0 atom stereocenters. The molecule has 3 aromatic heterocycles. The second-order valence-electron chi connectivity index (χ2n) is 7.71. The number of amides is 2. The second-order valence-corrected chi connectivity index (χ2v) is 8.49. The average molecular weight is 441 g/mol. The Bertz CT molecular complexity index is 1180. The minimum absolute atomic E-state index is 0.0391. The van der Waals surface area contributed by atoms with Gasteiger partial charge in [-0.25, -0.2) is 0 Å². The van der Waals surface area contributed by atoms with Crippen LogP contribution in [0.1, 0.15) is 50.2 Å². The molecule has 0 N–H and O–H groups in total. The fraction of sp³-hybridized carbons (Fsp3) is 0.364. The molecule has 0 aromatic carbocycles. The summed E-state index contributed by atoms with van der Waals surface area (Å²) in [6.07, 6.45) is 2.93. The Labute approximate surface area is 183 Å². The summed E-state index contributed by atoms with van der Waals surface area (Å²) in [5, 5.41) is 7.66. The van der Waals surface area contributed by atoms with Crippen molar-refractivity contribution in [2.75, 3.05) is 13.6 Å². The minimum atomic E-state index is -0.357. The van der Waals surface area contributed by atoms with E-state index in [1.54, 1.807) is 31.3 Å². The summed E-state index contributed by atoms with van der Waals surface area (Å²) in [5.41, 5.74) is 2.86. The van der Waals surface area contributed by atoms with E-state index >= 15 is 0 Å². The van der Waals surface area contributed by atoms with Crippen molar-refractivity contribution < 1.29 is 14.1 Å². The van der Waals surface area contributed by atoms with Gasteiger partial charge in [0.1, 0.15) is 5.56 Å². The lowest BCUT2D eigenvalue weighted by Gasteiger charge is -2.30. The first-order chi connectivity index (χ1) is 14.9. The van der Waals surface area contributed by atoms with E-state index < -0.39 is 0 Å². The second kappa shape index (κ2) is 8.50. The van der Waals surface area contributed by atoms with Gasteiger partial charge in [0.25, 0.3) is 17.4 Å². The lowest BCUT2D eigenvalue weighted by atomic mass is 9.95. The molecule has 4 heterocycles. The van der Waals surface area contributed by atoms with Gasteiger partial charge in [0.05, 0.1) is 17.8 Å². The number of carbonyl (C=O) groups is 2. The van der Waals surface area contributed by atoms with E-state index in [4.69, 9.17) is 4.52 Å². The Morgan fingerprint density at radius 2 is 2.16 bits per heavy atom. The van der Waals surface area contributed by atoms with Crippen molar-refractivity contribution in [2.24, 2.45) is 7.05 Å². The van der Waals surface area contributed by atoms with Crippen LogP contribution in [0.15, 0.2) is 38.4 Å². The number of rotatable bonds is 5. The standard InChI is InChI=1S/C22H24N4O4S/c1-4-16-9-17(30-23-16)12-25(3)22(29)19-18-5-7-26(20(27)14-6-8-31-13-14)11-15(18)10-24(2)21(19)28/h6,8-10,13H,4-5,7,11-12H2,1-3H3. The molecule has 9 heteroatoms. The third-order valence-corrected chi connectivity index (χ3v) is 6.23. The Morgan fingerprint density at radius 1 is 1.35 bits per heavy atom. The van der Waals surface area contributed by atoms with E-state index in [-0.39, 0.29) is 29.5 Å². The van der Waals surface area contributed by atoms with Crippen LogP contribution in [0.3, 0.4) is 0 Å². The normalized spacial score (nSPS) is 13.2. The molecule has 0 saturated carbocycles. The van der Waals surface area contributed by atoms with Gasteiger partial charge >= 0.3 is 0 Å². The molecule has 162 valence electrons. The third kappa shape index (κ3) is 4.05. The summed E-state index contributed by atoms with van der Waals surface area (Å²) in [5.74, 6) is 0.175. The van der Waals surface area contributed by atoms with E-state index in [2.05, 4.69) is 5.16 Å². The van der Waals surface area contributed by atoms with Crippen LogP contribution >= 0.6 is 11.3 Å². The monoisotopic (exact) mass is 440 g/mol. The number of thiophene rings is 1. The smallest absolute Gasteiger partial charge is 0.263 e. The fourth-order valence-corrected chi connectivity index (χ4v) is 4.48. The fourth-order valence-electron chi connectivity index (χ4n) is 3.85. The van der Waals surface area contributed by atoms with Gasteiger partial charge in [0, 0.05) is 44.8 Å². The molecule has 0 radical (unpaired) electrons. The van der Waals surface area contributed by atoms with Crippen LogP contribution in [-0.4, -0.2) is 44.9 Å². The molecule has 0 bridgehead atoms. The Balaban J connectivity index is 1.61. The predicted molar refractivity (Wildman–Crippen MR) is 116 cm³/mol. The lowest BCUT2D eigenvalue weighted by Crippen LogP contribution is -2.41. The highest BCUT2D eigenvalue weighted by Crippen LogP contribution is 2.24. The van der Waals surface area contributed by atoms with Crippen LogP contribution in [0.25, 0.3) is 0 Å². The van der Waals surface area contributed by atoms with Crippen molar-refractivity contribution in [1.82, 2.24) is 19.5 Å². The summed E-state index contributed by atoms with van der Waals surface area (Å²) in [6.45, 7) is 3.02. The topological polar surface area (TPSA) is 88.7 Å². The summed E-state index contributed by atoms with van der Waals surface area (Å²) in [6, 6.07) is 3.62. The van der Waals surface area contributed by atoms with Gasteiger partial charge in [0.15, 0.2) is 5.76 Å². The number of hydrogen-bond donors (Lipinski definition) is 0. The number of carbonyl (C=O) groups excluding carboxylic acids is 2. The van der Waals surface area contributed by atoms with Gasteiger partial charge < -0.3 is 18.9 Å². The van der Waals surface area contributed by atoms with Crippen LogP contribution in [0.2, 0.25) is 0 Å². The lowest BCUT2D eigenvalue weighted by molar-refractivity contribution is 0.0732. The van der Waals surface area contributed by atoms with Crippen LogP contribution in [0, 0.1) is 0 Å². The molecule has 0 unspecified atom stereocenters. The van der Waals surface area contributed by atoms with E-state index in [1.807, 2.05) is 23.8 Å². The zero-order valence-electron chi connectivity index (χ0n) is 17.8. The quantitative estimate of drug-likeness (QED) is 0.608. The van der Waals surface area contributed by atoms with Crippen molar-refractivity contribution >= 4 is 23.2 Å². The van der Waals surface area contributed by atoms with Gasteiger partial charge in [-0.15, -0.1) is 0 Å². The maximum Gasteiger partial charge on any atom is 0.263 e. The molecular formula is C22H24N4O4S. The highest BCUT2D eigenvalue weighted by atomic mass is 32.1. The number of aromatic nitrogens is 2. The number of hydrogen-bond acceptors (Lipinski definition) is 6. The molecule has 8 nitrogen and oxygen atoms in total. The molecular weight excluding hydrogens is 416 g/mol. The molecule has 3 aromatic rings. The summed E-state index contributed by atoms with van der Waals surface area (Å²) in [4.78, 5) is 42.1. The minimum Gasteiger partial charge on any atom is -0.359 e. The molecule has 0 aliphatic carbocycles. The first-order valence-corrected chi connectivity index (χ1v) is 11.1. The summed E-state index contributed by atoms with van der Waals surface area (Å²) in [7, 11) is 3.27. The van der Waals surface area contributed by atoms with Crippen molar-refractivity contribution in [3.8, 4) is 0 Å². The SMILES string of the molecule is CCc1cc(CN(C)C(=O)c2c3c(cn(C)c2=O)CN(C(=O)c2ccsc2)CC3)on1. The molecule has 1 aliphatic heterocycles. The van der Waals surface area contributed by atoms with Gasteiger partial charge in [-0.05, 0) is 35.4 Å². The van der Waals surface area contributed by atoms with Crippen LogP contribution in [0.5, 0.6) is 0 Å². The predicted octanol–water partition coefficient (Wildman–Crippen LogP) is 2.47. The highest BCUT2D eigenvalue weighted by molar-refractivity contribution is 7.08. The van der Waals surface area contributed by atoms with Crippen molar-refractivity contribution in [3.63, 3.8) is 0 Å². The van der Waals surface area contributed by atoms with E-state index in [0.717, 1.165) is 23.2 Å². The third-order valence-electron chi connectivity index (χ3n) is 5.54. The van der Waals surface area contributed by atoms with E-state index in [9.17, 15) is 14.4 Å². The maximum atomic E-state index is 13.2. The van der Waals surface area contributed by atoms with Crippen LogP contribution in [0.4, 0.5) is 0 Å². The average Bonchev–Trinajstić information content (AvgIpc) is 3.45. The molecule has 1 aliphatic rings. The van der Waals surface area contributed by atoms with Gasteiger partial charge in [-0.1, -0.05) is 12.1 Å². The molecule has 31 heavy (non-hydrogen) atoms. The molecule has 2 amide bonds. The Morgan fingerprint density at radius 3 is 2.84 bits per heavy atom.